The van der Waals surface area contributed by atoms with E-state index in [1.54, 1.807) is 34.9 Å². The molecular weight excluding hydrogens is 495 g/mol. The maximum Gasteiger partial charge on any atom is 0.245 e. The molecule has 1 unspecified atom stereocenters. The molecule has 0 saturated carbocycles. The van der Waals surface area contributed by atoms with E-state index in [9.17, 15) is 8.42 Å². The van der Waals surface area contributed by atoms with Crippen LogP contribution in [0.2, 0.25) is 0 Å². The summed E-state index contributed by atoms with van der Waals surface area (Å²) < 4.78 is 43.8. The van der Waals surface area contributed by atoms with E-state index in [0.29, 0.717) is 29.9 Å². The Kier molecular flexibility index (Phi) is 5.80. The number of nitrogens with one attached hydrogen (secondary N) is 3. The first-order valence-electron chi connectivity index (χ1n) is 12.2. The van der Waals surface area contributed by atoms with Crippen LogP contribution in [0.4, 0.5) is 21.8 Å². The molecule has 192 valence electrons. The number of hydrogen-bond donors (Lipinski definition) is 3. The number of halogens is 1. The monoisotopic (exact) mass is 522 g/mol. The van der Waals surface area contributed by atoms with E-state index < -0.39 is 15.8 Å². The summed E-state index contributed by atoms with van der Waals surface area (Å²) in [5.74, 6) is 0.430. The van der Waals surface area contributed by atoms with Crippen molar-refractivity contribution in [3.8, 4) is 0 Å². The maximum absolute atomic E-state index is 15.4. The van der Waals surface area contributed by atoms with Gasteiger partial charge in [0.25, 0.3) is 0 Å². The standard InChI is InChI=1S/C25H27FN8O2S/c1-14-8-20-23(28-12-14)22(26)25(30-21-9-15(2)32-33-21)31-24(20)29-16-10-17-5-6-18(11-16)34(17)37(35,36)19-4-3-7-27-13-19/h3-4,7-9,12-13,16-18H,5-6,10-11H2,1-2H3,(H3,29,30,31,32,33)/t16?,17-,18+. The lowest BCUT2D eigenvalue weighted by molar-refractivity contribution is 0.234. The summed E-state index contributed by atoms with van der Waals surface area (Å²) in [6, 6.07) is 6.57. The van der Waals surface area contributed by atoms with Gasteiger partial charge in [-0.1, -0.05) is 0 Å². The summed E-state index contributed by atoms with van der Waals surface area (Å²) in [4.78, 5) is 13.2. The second-order valence-electron chi connectivity index (χ2n) is 9.81. The molecule has 4 aromatic heterocycles. The first kappa shape index (κ1) is 23.7. The van der Waals surface area contributed by atoms with Gasteiger partial charge in [-0.15, -0.1) is 0 Å². The molecule has 6 heterocycles. The van der Waals surface area contributed by atoms with Crippen molar-refractivity contribution in [1.82, 2.24) is 29.5 Å². The van der Waals surface area contributed by atoms with Crippen molar-refractivity contribution < 1.29 is 12.8 Å². The Morgan fingerprint density at radius 2 is 1.89 bits per heavy atom. The number of aryl methyl sites for hydroxylation is 2. The van der Waals surface area contributed by atoms with Gasteiger partial charge < -0.3 is 10.6 Å². The van der Waals surface area contributed by atoms with Crippen LogP contribution in [0.15, 0.2) is 47.8 Å². The van der Waals surface area contributed by atoms with Crippen LogP contribution in [0.3, 0.4) is 0 Å². The van der Waals surface area contributed by atoms with E-state index in [2.05, 4.69) is 35.8 Å². The van der Waals surface area contributed by atoms with Gasteiger partial charge in [-0.05, 0) is 63.3 Å². The van der Waals surface area contributed by atoms with Crippen molar-refractivity contribution in [3.63, 3.8) is 0 Å². The predicted octanol–water partition coefficient (Wildman–Crippen LogP) is 4.04. The number of sulfonamides is 1. The Bertz CT molecular complexity index is 1560. The van der Waals surface area contributed by atoms with Gasteiger partial charge in [-0.2, -0.15) is 9.40 Å². The van der Waals surface area contributed by atoms with Gasteiger partial charge in [0.2, 0.25) is 10.0 Å². The molecule has 0 spiro atoms. The molecule has 0 aliphatic carbocycles. The predicted molar refractivity (Wildman–Crippen MR) is 138 cm³/mol. The highest BCUT2D eigenvalue weighted by Gasteiger charge is 2.47. The highest BCUT2D eigenvalue weighted by atomic mass is 32.2. The smallest absolute Gasteiger partial charge is 0.245 e. The van der Waals surface area contributed by atoms with Crippen LogP contribution in [0, 0.1) is 19.7 Å². The summed E-state index contributed by atoms with van der Waals surface area (Å²) in [5.41, 5.74) is 1.93. The zero-order valence-electron chi connectivity index (χ0n) is 20.4. The number of piperidine rings is 1. The molecule has 2 bridgehead atoms. The zero-order chi connectivity index (χ0) is 25.7. The van der Waals surface area contributed by atoms with E-state index in [1.807, 2.05) is 19.9 Å². The average molecular weight is 523 g/mol. The third kappa shape index (κ3) is 4.29. The van der Waals surface area contributed by atoms with E-state index in [0.717, 1.165) is 24.1 Å². The van der Waals surface area contributed by atoms with Crippen LogP contribution in [0.5, 0.6) is 0 Å². The number of anilines is 3. The molecule has 0 aromatic carbocycles. The number of rotatable bonds is 6. The topological polar surface area (TPSA) is 129 Å². The van der Waals surface area contributed by atoms with Crippen LogP contribution in [-0.4, -0.2) is 56.0 Å². The van der Waals surface area contributed by atoms with Crippen molar-refractivity contribution in [2.75, 3.05) is 10.6 Å². The van der Waals surface area contributed by atoms with E-state index in [1.165, 1.54) is 6.20 Å². The quantitative estimate of drug-likeness (QED) is 0.346. The fourth-order valence-electron chi connectivity index (χ4n) is 5.51. The van der Waals surface area contributed by atoms with Gasteiger partial charge in [0.1, 0.15) is 16.2 Å². The molecule has 0 radical (unpaired) electrons. The van der Waals surface area contributed by atoms with E-state index >= 15 is 4.39 Å². The van der Waals surface area contributed by atoms with Crippen LogP contribution in [0.25, 0.3) is 10.9 Å². The first-order chi connectivity index (χ1) is 17.8. The number of nitrogens with zero attached hydrogens (tertiary/aromatic N) is 5. The van der Waals surface area contributed by atoms with Gasteiger partial charge in [-0.3, -0.25) is 15.1 Å². The van der Waals surface area contributed by atoms with Gasteiger partial charge >= 0.3 is 0 Å². The third-order valence-electron chi connectivity index (χ3n) is 7.09. The number of pyridine rings is 3. The summed E-state index contributed by atoms with van der Waals surface area (Å²) in [6.07, 6.45) is 7.43. The van der Waals surface area contributed by atoms with Crippen molar-refractivity contribution >= 4 is 38.4 Å². The fourth-order valence-corrected chi connectivity index (χ4v) is 7.37. The van der Waals surface area contributed by atoms with Crippen LogP contribution < -0.4 is 10.6 Å². The number of H-pyrrole nitrogens is 1. The van der Waals surface area contributed by atoms with Gasteiger partial charge in [0.15, 0.2) is 17.5 Å². The molecule has 4 aromatic rings. The molecule has 6 rings (SSSR count). The number of aromatic nitrogens is 5. The second-order valence-corrected chi connectivity index (χ2v) is 11.7. The first-order valence-corrected chi connectivity index (χ1v) is 13.7. The Morgan fingerprint density at radius 1 is 1.11 bits per heavy atom. The zero-order valence-corrected chi connectivity index (χ0v) is 21.3. The Labute approximate surface area is 213 Å². The van der Waals surface area contributed by atoms with Crippen molar-refractivity contribution in [3.05, 3.63) is 59.9 Å². The summed E-state index contributed by atoms with van der Waals surface area (Å²) in [7, 11) is -3.63. The Morgan fingerprint density at radius 3 is 2.57 bits per heavy atom. The molecule has 10 nitrogen and oxygen atoms in total. The maximum atomic E-state index is 15.4. The van der Waals surface area contributed by atoms with Crippen molar-refractivity contribution in [2.24, 2.45) is 0 Å². The largest absolute Gasteiger partial charge is 0.367 e. The average Bonchev–Trinajstić information content (AvgIpc) is 3.42. The SMILES string of the molecule is Cc1cnc2c(F)c(Nc3cc(C)[nH]n3)nc(NC3C[C@H]4CC[C@@H](C3)N4S(=O)(=O)c3cccnc3)c2c1. The molecule has 2 fully saturated rings. The summed E-state index contributed by atoms with van der Waals surface area (Å²) in [5, 5.41) is 14.0. The number of fused-ring (bicyclic) bond motifs is 3. The normalized spacial score (nSPS) is 21.9. The lowest BCUT2D eigenvalue weighted by Gasteiger charge is -2.38. The van der Waals surface area contributed by atoms with Crippen molar-refractivity contribution in [2.45, 2.75) is 62.6 Å². The van der Waals surface area contributed by atoms with Crippen LogP contribution >= 0.6 is 0 Å². The second kappa shape index (κ2) is 9.03. The molecule has 12 heteroatoms. The Balaban J connectivity index is 1.30. The molecule has 3 N–H and O–H groups in total. The molecule has 37 heavy (non-hydrogen) atoms. The molecule has 3 atom stereocenters. The van der Waals surface area contributed by atoms with Crippen LogP contribution in [0.1, 0.15) is 36.9 Å². The minimum Gasteiger partial charge on any atom is -0.367 e. The highest BCUT2D eigenvalue weighted by Crippen LogP contribution is 2.41. The molecule has 2 aliphatic rings. The van der Waals surface area contributed by atoms with Gasteiger partial charge in [0, 0.05) is 53.9 Å². The van der Waals surface area contributed by atoms with Gasteiger partial charge in [0.05, 0.1) is 0 Å². The molecule has 2 saturated heterocycles. The summed E-state index contributed by atoms with van der Waals surface area (Å²) in [6.45, 7) is 3.75. The minimum absolute atomic E-state index is 0.0254. The number of aromatic amines is 1. The van der Waals surface area contributed by atoms with E-state index in [-0.39, 0.29) is 34.4 Å². The highest BCUT2D eigenvalue weighted by molar-refractivity contribution is 7.89. The molecular formula is C25H27FN8O2S. The summed E-state index contributed by atoms with van der Waals surface area (Å²) >= 11 is 0. The number of hydrogen-bond acceptors (Lipinski definition) is 8. The third-order valence-corrected chi connectivity index (χ3v) is 9.08. The fraction of sp³-hybridized carbons (Fsp3) is 0.360. The molecule has 0 amide bonds. The lowest BCUT2D eigenvalue weighted by Crippen LogP contribution is -2.49. The lowest BCUT2D eigenvalue weighted by atomic mass is 9.99. The minimum atomic E-state index is -3.63. The molecule has 2 aliphatic heterocycles. The Hall–Kier alpha value is -3.64. The van der Waals surface area contributed by atoms with E-state index in [4.69, 9.17) is 0 Å². The van der Waals surface area contributed by atoms with Gasteiger partial charge in [-0.25, -0.2) is 17.8 Å². The van der Waals surface area contributed by atoms with Crippen LogP contribution in [-0.2, 0) is 10.0 Å². The van der Waals surface area contributed by atoms with Crippen molar-refractivity contribution in [1.29, 1.82) is 0 Å².